The lowest BCUT2D eigenvalue weighted by molar-refractivity contribution is 0.0729. The van der Waals surface area contributed by atoms with Crippen LogP contribution in [-0.2, 0) is 14.8 Å². The first-order chi connectivity index (χ1) is 12.4. The number of morpholine rings is 1. The number of halogens is 1. The number of nitrogens with one attached hydrogen (secondary N) is 1. The summed E-state index contributed by atoms with van der Waals surface area (Å²) in [5, 5.41) is 4.70. The van der Waals surface area contributed by atoms with Crippen LogP contribution in [0.3, 0.4) is 0 Å². The van der Waals surface area contributed by atoms with Crippen molar-refractivity contribution in [3.63, 3.8) is 0 Å². The number of carbonyl (C=O) groups is 1. The minimum atomic E-state index is -4.02. The van der Waals surface area contributed by atoms with Crippen molar-refractivity contribution in [3.8, 4) is 0 Å². The van der Waals surface area contributed by atoms with E-state index in [-0.39, 0.29) is 37.9 Å². The van der Waals surface area contributed by atoms with Crippen molar-refractivity contribution in [3.05, 3.63) is 52.0 Å². The zero-order valence-electron chi connectivity index (χ0n) is 14.1. The summed E-state index contributed by atoms with van der Waals surface area (Å²) < 4.78 is 45.9. The molecular formula is C17H19FN2O4S2. The molecule has 6 nitrogen and oxygen atoms in total. The van der Waals surface area contributed by atoms with Gasteiger partial charge < -0.3 is 10.1 Å². The zero-order chi connectivity index (χ0) is 18.7. The SMILES string of the molecule is CC(NC(=O)c1ccc(F)c(S(=O)(=O)N2CCOCC2)c1)c1cccs1. The Morgan fingerprint density at radius 2 is 2.04 bits per heavy atom. The smallest absolute Gasteiger partial charge is 0.251 e. The van der Waals surface area contributed by atoms with Gasteiger partial charge in [-0.05, 0) is 36.6 Å². The van der Waals surface area contributed by atoms with E-state index in [0.29, 0.717) is 0 Å². The Kier molecular flexibility index (Phi) is 5.71. The minimum Gasteiger partial charge on any atom is -0.379 e. The quantitative estimate of drug-likeness (QED) is 0.839. The molecule has 1 atom stereocenters. The first-order valence-electron chi connectivity index (χ1n) is 8.11. The molecule has 0 radical (unpaired) electrons. The zero-order valence-corrected chi connectivity index (χ0v) is 15.8. The lowest BCUT2D eigenvalue weighted by Gasteiger charge is -2.26. The average molecular weight is 398 g/mol. The van der Waals surface area contributed by atoms with Crippen LogP contribution < -0.4 is 5.32 Å². The van der Waals surface area contributed by atoms with Crippen LogP contribution in [0.25, 0.3) is 0 Å². The summed E-state index contributed by atoms with van der Waals surface area (Å²) in [7, 11) is -4.02. The van der Waals surface area contributed by atoms with Gasteiger partial charge in [0.15, 0.2) is 0 Å². The van der Waals surface area contributed by atoms with E-state index in [1.807, 2.05) is 24.4 Å². The van der Waals surface area contributed by atoms with Crippen LogP contribution >= 0.6 is 11.3 Å². The maximum Gasteiger partial charge on any atom is 0.251 e. The highest BCUT2D eigenvalue weighted by Crippen LogP contribution is 2.23. The van der Waals surface area contributed by atoms with Gasteiger partial charge in [0.2, 0.25) is 10.0 Å². The van der Waals surface area contributed by atoms with E-state index in [1.54, 1.807) is 0 Å². The minimum absolute atomic E-state index is 0.0987. The van der Waals surface area contributed by atoms with Crippen molar-refractivity contribution in [2.24, 2.45) is 0 Å². The van der Waals surface area contributed by atoms with Gasteiger partial charge in [-0.25, -0.2) is 12.8 Å². The van der Waals surface area contributed by atoms with Crippen LogP contribution in [0, 0.1) is 5.82 Å². The molecule has 3 rings (SSSR count). The molecule has 1 aromatic carbocycles. The van der Waals surface area contributed by atoms with Gasteiger partial charge in [-0.2, -0.15) is 4.31 Å². The summed E-state index contributed by atoms with van der Waals surface area (Å²) in [5.41, 5.74) is 0.0987. The Morgan fingerprint density at radius 3 is 2.69 bits per heavy atom. The number of hydrogen-bond acceptors (Lipinski definition) is 5. The molecule has 0 bridgehead atoms. The highest BCUT2D eigenvalue weighted by Gasteiger charge is 2.30. The average Bonchev–Trinajstić information content (AvgIpc) is 3.17. The Bertz CT molecular complexity index is 878. The largest absolute Gasteiger partial charge is 0.379 e. The number of sulfonamides is 1. The van der Waals surface area contributed by atoms with E-state index in [1.165, 1.54) is 21.7 Å². The molecule has 1 aromatic heterocycles. The number of ether oxygens (including phenoxy) is 1. The number of thiophene rings is 1. The number of carbonyl (C=O) groups excluding carboxylic acids is 1. The maximum absolute atomic E-state index is 14.2. The van der Waals surface area contributed by atoms with Crippen molar-refractivity contribution >= 4 is 27.3 Å². The van der Waals surface area contributed by atoms with Gasteiger partial charge in [-0.1, -0.05) is 6.07 Å². The molecule has 0 spiro atoms. The Morgan fingerprint density at radius 1 is 1.31 bits per heavy atom. The number of benzene rings is 1. The number of nitrogens with zero attached hydrogens (tertiary/aromatic N) is 1. The highest BCUT2D eigenvalue weighted by molar-refractivity contribution is 7.89. The van der Waals surface area contributed by atoms with E-state index >= 15 is 0 Å². The Hall–Kier alpha value is -1.81. The lowest BCUT2D eigenvalue weighted by Crippen LogP contribution is -2.41. The van der Waals surface area contributed by atoms with Crippen molar-refractivity contribution in [1.82, 2.24) is 9.62 Å². The van der Waals surface area contributed by atoms with Crippen LogP contribution in [0.15, 0.2) is 40.6 Å². The molecular weight excluding hydrogens is 379 g/mol. The molecule has 1 aliphatic rings. The van der Waals surface area contributed by atoms with Gasteiger partial charge in [-0.15, -0.1) is 11.3 Å². The summed E-state index contributed by atoms with van der Waals surface area (Å²) in [6.45, 7) is 2.68. The molecule has 26 heavy (non-hydrogen) atoms. The molecule has 1 amide bonds. The molecule has 1 saturated heterocycles. The van der Waals surface area contributed by atoms with Crippen molar-refractivity contribution in [2.45, 2.75) is 17.9 Å². The molecule has 9 heteroatoms. The van der Waals surface area contributed by atoms with Crippen molar-refractivity contribution in [1.29, 1.82) is 0 Å². The summed E-state index contributed by atoms with van der Waals surface area (Å²) >= 11 is 1.51. The first kappa shape index (κ1) is 19.0. The van der Waals surface area contributed by atoms with E-state index in [2.05, 4.69) is 5.32 Å². The number of rotatable bonds is 5. The third kappa shape index (κ3) is 3.96. The Balaban J connectivity index is 1.84. The molecule has 1 unspecified atom stereocenters. The van der Waals surface area contributed by atoms with Gasteiger partial charge in [0, 0.05) is 23.5 Å². The number of amides is 1. The summed E-state index contributed by atoms with van der Waals surface area (Å²) in [6.07, 6.45) is 0. The van der Waals surface area contributed by atoms with E-state index in [0.717, 1.165) is 17.0 Å². The predicted octanol–water partition coefficient (Wildman–Crippen LogP) is 2.40. The van der Waals surface area contributed by atoms with E-state index in [9.17, 15) is 17.6 Å². The van der Waals surface area contributed by atoms with E-state index < -0.39 is 26.6 Å². The number of hydrogen-bond donors (Lipinski definition) is 1. The van der Waals surface area contributed by atoms with Crippen LogP contribution in [0.2, 0.25) is 0 Å². The van der Waals surface area contributed by atoms with Crippen molar-refractivity contribution in [2.75, 3.05) is 26.3 Å². The topological polar surface area (TPSA) is 75.7 Å². The third-order valence-electron chi connectivity index (χ3n) is 4.10. The second kappa shape index (κ2) is 7.83. The first-order valence-corrected chi connectivity index (χ1v) is 10.4. The van der Waals surface area contributed by atoms with Crippen LogP contribution in [0.1, 0.15) is 28.2 Å². The molecule has 140 valence electrons. The van der Waals surface area contributed by atoms with Gasteiger partial charge >= 0.3 is 0 Å². The van der Waals surface area contributed by atoms with Crippen LogP contribution in [0.4, 0.5) is 4.39 Å². The Labute approximate surface area is 155 Å². The molecule has 1 N–H and O–H groups in total. The predicted molar refractivity (Wildman–Crippen MR) is 96.2 cm³/mol. The second-order valence-electron chi connectivity index (χ2n) is 5.87. The normalized spacial score (nSPS) is 17.0. The fourth-order valence-electron chi connectivity index (χ4n) is 2.66. The summed E-state index contributed by atoms with van der Waals surface area (Å²) in [6, 6.07) is 6.94. The third-order valence-corrected chi connectivity index (χ3v) is 7.07. The standard InChI is InChI=1S/C17H19FN2O4S2/c1-12(15-3-2-10-25-15)19-17(21)13-4-5-14(18)16(11-13)26(22,23)20-6-8-24-9-7-20/h2-5,10-12H,6-9H2,1H3,(H,19,21). The highest BCUT2D eigenvalue weighted by atomic mass is 32.2. The molecule has 2 aromatic rings. The second-order valence-corrected chi connectivity index (χ2v) is 8.76. The molecule has 0 saturated carbocycles. The van der Waals surface area contributed by atoms with Crippen LogP contribution in [-0.4, -0.2) is 44.9 Å². The van der Waals surface area contributed by atoms with Gasteiger partial charge in [0.05, 0.1) is 19.3 Å². The van der Waals surface area contributed by atoms with Crippen LogP contribution in [0.5, 0.6) is 0 Å². The molecule has 1 aliphatic heterocycles. The lowest BCUT2D eigenvalue weighted by atomic mass is 10.2. The van der Waals surface area contributed by atoms with Gasteiger partial charge in [0.25, 0.3) is 5.91 Å². The molecule has 1 fully saturated rings. The van der Waals surface area contributed by atoms with Crippen molar-refractivity contribution < 1.29 is 22.3 Å². The maximum atomic E-state index is 14.2. The molecule has 0 aliphatic carbocycles. The fraction of sp³-hybridized carbons (Fsp3) is 0.353. The van der Waals surface area contributed by atoms with Gasteiger partial charge in [0.1, 0.15) is 10.7 Å². The van der Waals surface area contributed by atoms with E-state index in [4.69, 9.17) is 4.74 Å². The summed E-state index contributed by atoms with van der Waals surface area (Å²) in [5.74, 6) is -1.33. The summed E-state index contributed by atoms with van der Waals surface area (Å²) in [4.78, 5) is 12.9. The fourth-order valence-corrected chi connectivity index (χ4v) is 4.89. The molecule has 2 heterocycles. The van der Waals surface area contributed by atoms with Gasteiger partial charge in [-0.3, -0.25) is 4.79 Å². The monoisotopic (exact) mass is 398 g/mol.